The number of nitrogens with zero attached hydrogens (tertiary/aromatic N) is 3. The zero-order valence-electron chi connectivity index (χ0n) is 35.2. The highest BCUT2D eigenvalue weighted by molar-refractivity contribution is 6.33. The average molecular weight is 947 g/mol. The number of carbonyl (C=O) groups excluding carboxylic acids is 7. The van der Waals surface area contributed by atoms with Crippen molar-refractivity contribution < 1.29 is 64.3 Å². The molecule has 0 spiro atoms. The molecule has 0 bridgehead atoms. The molecule has 3 aliphatic rings. The Kier molecular flexibility index (Phi) is 16.8. The topological polar surface area (TPSA) is 177 Å². The van der Waals surface area contributed by atoms with Gasteiger partial charge in [0.1, 0.15) is 47.8 Å². The van der Waals surface area contributed by atoms with Crippen molar-refractivity contribution in [3.05, 3.63) is 33.8 Å². The van der Waals surface area contributed by atoms with E-state index < -0.39 is 134 Å². The smallest absolute Gasteiger partial charge is 0.354 e. The molecule has 7 atom stereocenters. The van der Waals surface area contributed by atoms with E-state index in [2.05, 4.69) is 16.0 Å². The van der Waals surface area contributed by atoms with Crippen LogP contribution in [0.25, 0.3) is 0 Å². The molecule has 3 fully saturated rings. The Morgan fingerprint density at radius 2 is 1.63 bits per heavy atom. The van der Waals surface area contributed by atoms with Gasteiger partial charge in [-0.2, -0.15) is 26.3 Å². The van der Waals surface area contributed by atoms with E-state index in [1.807, 2.05) is 5.32 Å². The molecule has 7 amide bonds. The number of amides is 7. The van der Waals surface area contributed by atoms with Crippen LogP contribution in [0.4, 0.5) is 30.7 Å². The summed E-state index contributed by atoms with van der Waals surface area (Å²) in [6.07, 6.45) is -16.5. The molecule has 1 aromatic carbocycles. The third-order valence-corrected chi connectivity index (χ3v) is 12.1. The van der Waals surface area contributed by atoms with Crippen LogP contribution in [-0.4, -0.2) is 138 Å². The lowest BCUT2D eigenvalue weighted by molar-refractivity contribution is -0.199. The number of hydrogen-bond acceptors (Lipinski definition) is 7. The van der Waals surface area contributed by atoms with Crippen LogP contribution in [0.2, 0.25) is 10.0 Å². The maximum absolute atomic E-state index is 14.6. The van der Waals surface area contributed by atoms with E-state index in [0.29, 0.717) is 15.4 Å². The Hall–Kier alpha value is -4.40. The lowest BCUT2D eigenvalue weighted by atomic mass is 9.98. The Morgan fingerprint density at radius 3 is 2.22 bits per heavy atom. The second-order valence-electron chi connectivity index (χ2n) is 16.8. The first-order chi connectivity index (χ1) is 29.2. The van der Waals surface area contributed by atoms with Crippen LogP contribution < -0.4 is 21.3 Å². The van der Waals surface area contributed by atoms with Gasteiger partial charge in [-0.1, -0.05) is 37.0 Å². The third kappa shape index (κ3) is 12.9. The minimum Gasteiger partial charge on any atom is -0.354 e. The van der Waals surface area contributed by atoms with Crippen molar-refractivity contribution in [1.82, 2.24) is 36.0 Å². The first-order valence-corrected chi connectivity index (χ1v) is 21.2. The number of halogens is 9. The van der Waals surface area contributed by atoms with Crippen LogP contribution in [-0.2, 0) is 40.0 Å². The summed E-state index contributed by atoms with van der Waals surface area (Å²) in [5.74, 6) is -8.03. The zero-order valence-corrected chi connectivity index (χ0v) is 36.7. The Balaban J connectivity index is 1.66. The standard InChI is InChI=1S/C40H52Cl2F7N7O7/c1-20(2)14-26-35(61)55(5)29(16-22-15-23(41)9-10-25(22)42)33(59)51-21(3)31(57)50-13-7-6-8-28(32(58)52-26)54(4)36(62)27(18-39(44,45)46)53-34(60)30-17-24(43)19-56(30)37(63)38(11-12-38)40(47,48)49/h9-10,15,20-21,24,26-30H,6-8,11-14,16-19H2,1-5H3,(H,50,57)(H,51,59)(H,52,58)(H,53,60)/t21-,24-,26+,27+,28+,29+,30+/m1/s1. The van der Waals surface area contributed by atoms with E-state index in [0.717, 1.165) is 11.9 Å². The van der Waals surface area contributed by atoms with Gasteiger partial charge in [0.05, 0.1) is 13.0 Å². The molecule has 0 unspecified atom stereocenters. The first-order valence-electron chi connectivity index (χ1n) is 20.4. The van der Waals surface area contributed by atoms with Crippen LogP contribution in [0.1, 0.15) is 77.7 Å². The van der Waals surface area contributed by atoms with Crippen molar-refractivity contribution in [3.8, 4) is 0 Å². The zero-order chi connectivity index (χ0) is 47.4. The Bertz CT molecular complexity index is 1900. The van der Waals surface area contributed by atoms with Crippen LogP contribution in [0.15, 0.2) is 18.2 Å². The third-order valence-electron chi connectivity index (χ3n) is 11.5. The monoisotopic (exact) mass is 945 g/mol. The molecule has 352 valence electrons. The van der Waals surface area contributed by atoms with Gasteiger partial charge in [0.25, 0.3) is 0 Å². The molecule has 2 saturated heterocycles. The van der Waals surface area contributed by atoms with Crippen molar-refractivity contribution in [2.75, 3.05) is 27.2 Å². The molecule has 1 aromatic rings. The predicted molar refractivity (Wildman–Crippen MR) is 214 cm³/mol. The fourth-order valence-corrected chi connectivity index (χ4v) is 8.14. The lowest BCUT2D eigenvalue weighted by Gasteiger charge is -2.35. The van der Waals surface area contributed by atoms with Crippen molar-refractivity contribution in [3.63, 3.8) is 0 Å². The Labute approximate surface area is 369 Å². The number of benzene rings is 1. The lowest BCUT2D eigenvalue weighted by Crippen LogP contribution is -2.60. The van der Waals surface area contributed by atoms with Crippen LogP contribution in [0.5, 0.6) is 0 Å². The van der Waals surface area contributed by atoms with E-state index in [9.17, 15) is 64.3 Å². The van der Waals surface area contributed by atoms with E-state index >= 15 is 0 Å². The van der Waals surface area contributed by atoms with Gasteiger partial charge in [0, 0.05) is 43.5 Å². The van der Waals surface area contributed by atoms with Gasteiger partial charge in [-0.25, -0.2) is 4.39 Å². The SMILES string of the molecule is CC(C)C[C@@H]1NC(=O)[C@@H](N(C)C(=O)[C@H](CC(F)(F)F)NC(=O)[C@@H]2C[C@@H](F)CN2C(=O)C2(C(F)(F)F)CC2)CCCCNC(=O)[C@@H](C)NC(=O)[C@H](Cc2cc(Cl)ccc2Cl)N(C)C1=O. The van der Waals surface area contributed by atoms with Crippen molar-refractivity contribution in [2.24, 2.45) is 11.3 Å². The molecular formula is C40H52Cl2F7N7O7. The van der Waals surface area contributed by atoms with Gasteiger partial charge in [-0.15, -0.1) is 0 Å². The van der Waals surface area contributed by atoms with Crippen LogP contribution in [0.3, 0.4) is 0 Å². The largest absolute Gasteiger partial charge is 0.403 e. The summed E-state index contributed by atoms with van der Waals surface area (Å²) in [4.78, 5) is 98.0. The minimum atomic E-state index is -5.15. The minimum absolute atomic E-state index is 0.00445. The van der Waals surface area contributed by atoms with E-state index in [1.165, 1.54) is 32.2 Å². The number of likely N-dealkylation sites (tertiary alicyclic amines) is 1. The summed E-state index contributed by atoms with van der Waals surface area (Å²) < 4.78 is 98.3. The normalized spacial score (nSPS) is 25.8. The number of likely N-dealkylation sites (N-methyl/N-ethyl adjacent to an activating group) is 2. The molecule has 63 heavy (non-hydrogen) atoms. The fourth-order valence-electron chi connectivity index (χ4n) is 7.75. The summed E-state index contributed by atoms with van der Waals surface area (Å²) in [5.41, 5.74) is -2.50. The predicted octanol–water partition coefficient (Wildman–Crippen LogP) is 4.24. The molecule has 2 aliphatic heterocycles. The molecule has 1 saturated carbocycles. The van der Waals surface area contributed by atoms with Crippen LogP contribution in [0, 0.1) is 11.3 Å². The summed E-state index contributed by atoms with van der Waals surface area (Å²) >= 11 is 12.6. The maximum atomic E-state index is 14.6. The maximum Gasteiger partial charge on any atom is 0.403 e. The van der Waals surface area contributed by atoms with Gasteiger partial charge in [-0.05, 0) is 75.1 Å². The average Bonchev–Trinajstić information content (AvgIpc) is 3.92. The van der Waals surface area contributed by atoms with E-state index in [1.54, 1.807) is 13.8 Å². The van der Waals surface area contributed by atoms with E-state index in [-0.39, 0.29) is 54.6 Å². The van der Waals surface area contributed by atoms with Crippen molar-refractivity contribution in [2.45, 2.75) is 133 Å². The summed E-state index contributed by atoms with van der Waals surface area (Å²) in [6, 6.07) is -5.43. The second kappa shape index (κ2) is 20.6. The van der Waals surface area contributed by atoms with Gasteiger partial charge in [0.2, 0.25) is 41.4 Å². The molecule has 0 radical (unpaired) electrons. The highest BCUT2D eigenvalue weighted by Crippen LogP contribution is 2.59. The summed E-state index contributed by atoms with van der Waals surface area (Å²) in [5, 5.41) is 10.2. The molecule has 4 rings (SSSR count). The second-order valence-corrected chi connectivity index (χ2v) is 17.7. The Morgan fingerprint density at radius 1 is 0.984 bits per heavy atom. The van der Waals surface area contributed by atoms with Crippen LogP contribution >= 0.6 is 23.2 Å². The van der Waals surface area contributed by atoms with Crippen molar-refractivity contribution >= 4 is 64.6 Å². The number of rotatable bonds is 10. The molecule has 14 nitrogen and oxygen atoms in total. The van der Waals surface area contributed by atoms with Gasteiger partial charge < -0.3 is 36.0 Å². The number of hydrogen-bond donors (Lipinski definition) is 4. The van der Waals surface area contributed by atoms with Gasteiger partial charge in [-0.3, -0.25) is 33.6 Å². The van der Waals surface area contributed by atoms with Gasteiger partial charge >= 0.3 is 12.4 Å². The number of carbonyl (C=O) groups is 7. The molecule has 1 aliphatic carbocycles. The molecule has 23 heteroatoms. The van der Waals surface area contributed by atoms with Crippen molar-refractivity contribution in [1.29, 1.82) is 0 Å². The fraction of sp³-hybridized carbons (Fsp3) is 0.675. The molecule has 0 aromatic heterocycles. The number of alkyl halides is 7. The summed E-state index contributed by atoms with van der Waals surface area (Å²) in [7, 11) is 2.27. The molecule has 4 N–H and O–H groups in total. The van der Waals surface area contributed by atoms with E-state index in [4.69, 9.17) is 23.2 Å². The molecular weight excluding hydrogens is 894 g/mol. The first kappa shape index (κ1) is 51.2. The highest BCUT2D eigenvalue weighted by Gasteiger charge is 2.70. The quantitative estimate of drug-likeness (QED) is 0.254. The number of nitrogens with one attached hydrogen (secondary N) is 4. The summed E-state index contributed by atoms with van der Waals surface area (Å²) in [6.45, 7) is 3.93. The van der Waals surface area contributed by atoms with Gasteiger partial charge in [0.15, 0.2) is 0 Å². The highest BCUT2D eigenvalue weighted by atomic mass is 35.5. The molecule has 2 heterocycles.